The lowest BCUT2D eigenvalue weighted by Gasteiger charge is -2.20. The van der Waals surface area contributed by atoms with Gasteiger partial charge in [-0.1, -0.05) is 223 Å². The Kier molecular flexibility index (Phi) is 50.6. The van der Waals surface area contributed by atoms with Gasteiger partial charge in [-0.05, 0) is 89.9 Å². The van der Waals surface area contributed by atoms with Gasteiger partial charge < -0.3 is 20.3 Å². The van der Waals surface area contributed by atoms with E-state index >= 15 is 0 Å². The molecule has 0 rings (SSSR count). The van der Waals surface area contributed by atoms with Gasteiger partial charge in [-0.3, -0.25) is 9.59 Å². The molecule has 0 saturated heterocycles. The van der Waals surface area contributed by atoms with Crippen LogP contribution in [0.2, 0.25) is 0 Å². The van der Waals surface area contributed by atoms with Crippen LogP contribution in [0.15, 0.2) is 48.6 Å². The van der Waals surface area contributed by atoms with Crippen LogP contribution < -0.4 is 5.32 Å². The van der Waals surface area contributed by atoms with E-state index in [4.69, 9.17) is 4.74 Å². The molecule has 0 aromatic carbocycles. The van der Waals surface area contributed by atoms with Gasteiger partial charge in [0, 0.05) is 12.8 Å². The summed E-state index contributed by atoms with van der Waals surface area (Å²) in [6.07, 6.45) is 65.5. The van der Waals surface area contributed by atoms with Crippen molar-refractivity contribution in [2.45, 2.75) is 289 Å². The second-order valence-electron chi connectivity index (χ2n) is 18.5. The number of hydrogen-bond acceptors (Lipinski definition) is 5. The van der Waals surface area contributed by atoms with Crippen LogP contribution in [0.1, 0.15) is 277 Å². The number of ether oxygens (including phenoxy) is 1. The lowest BCUT2D eigenvalue weighted by molar-refractivity contribution is -0.143. The van der Waals surface area contributed by atoms with E-state index in [2.05, 4.69) is 55.6 Å². The average Bonchev–Trinajstić information content (AvgIpc) is 3.28. The summed E-state index contributed by atoms with van der Waals surface area (Å²) in [6.45, 7) is 4.83. The van der Waals surface area contributed by atoms with Gasteiger partial charge in [0.15, 0.2) is 0 Å². The summed E-state index contributed by atoms with van der Waals surface area (Å²) >= 11 is 0. The summed E-state index contributed by atoms with van der Waals surface area (Å²) in [4.78, 5) is 24.5. The van der Waals surface area contributed by atoms with Crippen LogP contribution in [0.5, 0.6) is 0 Å². The van der Waals surface area contributed by atoms with Gasteiger partial charge in [-0.2, -0.15) is 0 Å². The topological polar surface area (TPSA) is 95.9 Å². The molecule has 0 aromatic heterocycles. The minimum absolute atomic E-state index is 0.00854. The van der Waals surface area contributed by atoms with Crippen LogP contribution in [-0.4, -0.2) is 47.4 Å². The number of amides is 1. The Morgan fingerprint density at radius 3 is 1.25 bits per heavy atom. The molecule has 63 heavy (non-hydrogen) atoms. The lowest BCUT2D eigenvalue weighted by Crippen LogP contribution is -2.45. The van der Waals surface area contributed by atoms with Crippen molar-refractivity contribution in [3.05, 3.63) is 48.6 Å². The lowest BCUT2D eigenvalue weighted by atomic mass is 10.1. The van der Waals surface area contributed by atoms with Crippen molar-refractivity contribution in [1.82, 2.24) is 5.32 Å². The number of aliphatic hydroxyl groups excluding tert-OH is 2. The van der Waals surface area contributed by atoms with E-state index in [0.717, 1.165) is 70.6 Å². The van der Waals surface area contributed by atoms with Crippen molar-refractivity contribution in [3.8, 4) is 0 Å². The standard InChI is InChI=1S/C57H105NO5/c1-3-5-7-9-11-13-15-16-17-18-19-20-24-27-31-35-39-43-47-51-57(62)63-52-48-44-40-36-32-28-25-22-21-23-26-30-34-38-42-46-50-56(61)58-54(53-59)55(60)49-45-41-37-33-29-14-12-10-8-6-4-2/h11,13,16-17,21,23,45,49,54-55,59-60H,3-10,12,14-15,18-20,22,24-44,46-48,50-53H2,1-2H3,(H,58,61)/b13-11-,17-16-,23-21-,49-45+. The Hall–Kier alpha value is -2.18. The Morgan fingerprint density at radius 1 is 0.444 bits per heavy atom. The SMILES string of the molecule is CCCCC/C=C\C/C=C\CCCCCCCCCCCC(=O)OCCCCCCCCC/C=C\CCCCCCCC(=O)NC(CO)C(O)/C=C/CCCCCCCCCCC. The summed E-state index contributed by atoms with van der Waals surface area (Å²) in [5.74, 6) is -0.0961. The van der Waals surface area contributed by atoms with Crippen molar-refractivity contribution >= 4 is 11.9 Å². The van der Waals surface area contributed by atoms with Crippen LogP contribution in [-0.2, 0) is 14.3 Å². The highest BCUT2D eigenvalue weighted by Gasteiger charge is 2.18. The molecule has 6 heteroatoms. The average molecular weight is 884 g/mol. The molecule has 1 amide bonds. The predicted octanol–water partition coefficient (Wildman–Crippen LogP) is 16.6. The third-order valence-electron chi connectivity index (χ3n) is 12.3. The second kappa shape index (κ2) is 52.4. The molecule has 0 fully saturated rings. The van der Waals surface area contributed by atoms with E-state index in [1.54, 1.807) is 6.08 Å². The molecular weight excluding hydrogens is 779 g/mol. The molecule has 0 saturated carbocycles. The summed E-state index contributed by atoms with van der Waals surface area (Å²) in [5, 5.41) is 23.0. The van der Waals surface area contributed by atoms with Crippen molar-refractivity contribution in [1.29, 1.82) is 0 Å². The second-order valence-corrected chi connectivity index (χ2v) is 18.5. The highest BCUT2D eigenvalue weighted by molar-refractivity contribution is 5.76. The van der Waals surface area contributed by atoms with Crippen molar-refractivity contribution in [3.63, 3.8) is 0 Å². The maximum atomic E-state index is 12.4. The number of unbranched alkanes of at least 4 members (excludes halogenated alkanes) is 33. The van der Waals surface area contributed by atoms with E-state index in [1.807, 2.05) is 6.08 Å². The monoisotopic (exact) mass is 884 g/mol. The van der Waals surface area contributed by atoms with Gasteiger partial charge >= 0.3 is 5.97 Å². The molecule has 0 bridgehead atoms. The first-order chi connectivity index (χ1) is 31.0. The van der Waals surface area contributed by atoms with E-state index in [1.165, 1.54) is 180 Å². The molecule has 0 spiro atoms. The fourth-order valence-electron chi connectivity index (χ4n) is 8.07. The highest BCUT2D eigenvalue weighted by Crippen LogP contribution is 2.15. The van der Waals surface area contributed by atoms with E-state index in [0.29, 0.717) is 19.4 Å². The Morgan fingerprint density at radius 2 is 0.794 bits per heavy atom. The van der Waals surface area contributed by atoms with Gasteiger partial charge in [-0.25, -0.2) is 0 Å². The summed E-state index contributed by atoms with van der Waals surface area (Å²) in [7, 11) is 0. The molecule has 0 radical (unpaired) electrons. The number of aliphatic hydroxyl groups is 2. The van der Waals surface area contributed by atoms with E-state index in [9.17, 15) is 19.8 Å². The number of carbonyl (C=O) groups excluding carboxylic acids is 2. The van der Waals surface area contributed by atoms with Crippen LogP contribution in [0.3, 0.4) is 0 Å². The molecule has 2 unspecified atom stereocenters. The fraction of sp³-hybridized carbons (Fsp3) is 0.825. The van der Waals surface area contributed by atoms with E-state index < -0.39 is 12.1 Å². The maximum Gasteiger partial charge on any atom is 0.305 e. The smallest absolute Gasteiger partial charge is 0.305 e. The third kappa shape index (κ3) is 49.1. The number of carbonyl (C=O) groups is 2. The molecule has 6 nitrogen and oxygen atoms in total. The Bertz CT molecular complexity index is 1070. The summed E-state index contributed by atoms with van der Waals surface area (Å²) < 4.78 is 5.48. The first-order valence-corrected chi connectivity index (χ1v) is 27.4. The molecule has 0 aliphatic heterocycles. The van der Waals surface area contributed by atoms with Gasteiger partial charge in [0.25, 0.3) is 0 Å². The first kappa shape index (κ1) is 60.8. The number of nitrogens with one attached hydrogen (secondary N) is 1. The number of hydrogen-bond donors (Lipinski definition) is 3. The maximum absolute atomic E-state index is 12.4. The minimum atomic E-state index is -0.854. The van der Waals surface area contributed by atoms with Gasteiger partial charge in [0.1, 0.15) is 0 Å². The van der Waals surface area contributed by atoms with Crippen LogP contribution in [0.25, 0.3) is 0 Å². The zero-order valence-corrected chi connectivity index (χ0v) is 41.8. The normalized spacial score (nSPS) is 13.0. The molecule has 0 heterocycles. The van der Waals surface area contributed by atoms with Crippen LogP contribution in [0, 0.1) is 0 Å². The molecular formula is C57H105NO5. The van der Waals surface area contributed by atoms with Gasteiger partial charge in [-0.15, -0.1) is 0 Å². The van der Waals surface area contributed by atoms with E-state index in [-0.39, 0.29) is 18.5 Å². The number of allylic oxidation sites excluding steroid dienone is 7. The first-order valence-electron chi connectivity index (χ1n) is 27.4. The van der Waals surface area contributed by atoms with Crippen molar-refractivity contribution in [2.24, 2.45) is 0 Å². The highest BCUT2D eigenvalue weighted by atomic mass is 16.5. The number of esters is 1. The minimum Gasteiger partial charge on any atom is -0.466 e. The predicted molar refractivity (Wildman–Crippen MR) is 273 cm³/mol. The quantitative estimate of drug-likeness (QED) is 0.0321. The molecule has 0 aliphatic carbocycles. The van der Waals surface area contributed by atoms with Gasteiger partial charge in [0.2, 0.25) is 5.91 Å². The molecule has 3 N–H and O–H groups in total. The molecule has 2 atom stereocenters. The molecule has 0 aromatic rings. The van der Waals surface area contributed by atoms with Crippen molar-refractivity contribution in [2.75, 3.05) is 13.2 Å². The van der Waals surface area contributed by atoms with Crippen molar-refractivity contribution < 1.29 is 24.5 Å². The zero-order chi connectivity index (χ0) is 45.8. The Labute approximate surface area is 391 Å². The zero-order valence-electron chi connectivity index (χ0n) is 41.8. The Balaban J connectivity index is 3.47. The largest absolute Gasteiger partial charge is 0.466 e. The number of rotatable bonds is 50. The fourth-order valence-corrected chi connectivity index (χ4v) is 8.07. The van der Waals surface area contributed by atoms with Crippen LogP contribution >= 0.6 is 0 Å². The van der Waals surface area contributed by atoms with Crippen LogP contribution in [0.4, 0.5) is 0 Å². The summed E-state index contributed by atoms with van der Waals surface area (Å²) in [5.41, 5.74) is 0. The third-order valence-corrected chi connectivity index (χ3v) is 12.3. The molecule has 0 aliphatic rings. The summed E-state index contributed by atoms with van der Waals surface area (Å²) in [6, 6.07) is -0.640. The molecule has 368 valence electrons. The van der Waals surface area contributed by atoms with Gasteiger partial charge in [0.05, 0.1) is 25.4 Å².